The summed E-state index contributed by atoms with van der Waals surface area (Å²) >= 11 is 0. The first-order chi connectivity index (χ1) is 8.41. The van der Waals surface area contributed by atoms with Gasteiger partial charge in [-0.3, -0.25) is 0 Å². The molecule has 18 heavy (non-hydrogen) atoms. The summed E-state index contributed by atoms with van der Waals surface area (Å²) in [6.07, 6.45) is 0. The zero-order valence-corrected chi connectivity index (χ0v) is 11.2. The molecule has 4 nitrogen and oxygen atoms in total. The number of hydrogen-bond acceptors (Lipinski definition) is 3. The monoisotopic (exact) mass is 272 g/mol. The highest BCUT2D eigenvalue weighted by Gasteiger charge is 2.32. The van der Waals surface area contributed by atoms with Gasteiger partial charge in [-0.2, -0.15) is 4.31 Å². The van der Waals surface area contributed by atoms with Crippen LogP contribution in [0.3, 0.4) is 0 Å². The van der Waals surface area contributed by atoms with Gasteiger partial charge in [-0.25, -0.2) is 12.8 Å². The van der Waals surface area contributed by atoms with Crippen molar-refractivity contribution in [1.29, 1.82) is 0 Å². The third-order valence-electron chi connectivity index (χ3n) is 2.98. The van der Waals surface area contributed by atoms with Gasteiger partial charge in [-0.1, -0.05) is 12.1 Å². The molecule has 1 fully saturated rings. The second-order valence-corrected chi connectivity index (χ2v) is 6.63. The maximum absolute atomic E-state index is 13.6. The Morgan fingerprint density at radius 1 is 1.22 bits per heavy atom. The molecule has 100 valence electrons. The summed E-state index contributed by atoms with van der Waals surface area (Å²) in [6.45, 7) is 4.56. The summed E-state index contributed by atoms with van der Waals surface area (Å²) in [7, 11) is -3.74. The van der Waals surface area contributed by atoms with Crippen molar-refractivity contribution in [2.24, 2.45) is 0 Å². The lowest BCUT2D eigenvalue weighted by Crippen LogP contribution is -2.55. The van der Waals surface area contributed by atoms with Crippen LogP contribution in [0, 0.1) is 5.82 Å². The van der Waals surface area contributed by atoms with Crippen LogP contribution < -0.4 is 5.32 Å². The molecule has 0 unspecified atom stereocenters. The first kappa shape index (κ1) is 13.5. The minimum Gasteiger partial charge on any atom is -0.309 e. The third-order valence-corrected chi connectivity index (χ3v) is 4.84. The maximum Gasteiger partial charge on any atom is 0.246 e. The van der Waals surface area contributed by atoms with Gasteiger partial charge in [0.1, 0.15) is 10.7 Å². The molecule has 1 aliphatic heterocycles. The van der Waals surface area contributed by atoms with Crippen molar-refractivity contribution in [3.63, 3.8) is 0 Å². The second-order valence-electron chi connectivity index (χ2n) is 4.72. The Morgan fingerprint density at radius 3 is 2.33 bits per heavy atom. The predicted molar refractivity (Wildman–Crippen MR) is 67.2 cm³/mol. The number of nitrogens with zero attached hydrogens (tertiary/aromatic N) is 1. The highest BCUT2D eigenvalue weighted by molar-refractivity contribution is 7.89. The molecule has 6 heteroatoms. The van der Waals surface area contributed by atoms with Gasteiger partial charge in [0.15, 0.2) is 0 Å². The first-order valence-corrected chi connectivity index (χ1v) is 7.36. The van der Waals surface area contributed by atoms with Crippen molar-refractivity contribution < 1.29 is 12.8 Å². The summed E-state index contributed by atoms with van der Waals surface area (Å²) in [5.74, 6) is -0.698. The lowest BCUT2D eigenvalue weighted by Gasteiger charge is -2.35. The largest absolute Gasteiger partial charge is 0.309 e. The van der Waals surface area contributed by atoms with E-state index in [2.05, 4.69) is 5.32 Å². The third kappa shape index (κ3) is 2.55. The van der Waals surface area contributed by atoms with Crippen LogP contribution in [-0.2, 0) is 10.0 Å². The molecule has 0 spiro atoms. The zero-order chi connectivity index (χ0) is 13.3. The van der Waals surface area contributed by atoms with Crippen LogP contribution in [0.2, 0.25) is 0 Å². The molecule has 2 rings (SSSR count). The molecule has 1 aromatic rings. The van der Waals surface area contributed by atoms with Crippen LogP contribution >= 0.6 is 0 Å². The van der Waals surface area contributed by atoms with E-state index >= 15 is 0 Å². The van der Waals surface area contributed by atoms with E-state index < -0.39 is 15.8 Å². The van der Waals surface area contributed by atoms with Crippen molar-refractivity contribution >= 4 is 10.0 Å². The Balaban J connectivity index is 2.34. The van der Waals surface area contributed by atoms with E-state index in [1.807, 2.05) is 13.8 Å². The van der Waals surface area contributed by atoms with Crippen LogP contribution in [-0.4, -0.2) is 37.9 Å². The van der Waals surface area contributed by atoms with Gasteiger partial charge < -0.3 is 5.32 Å². The number of sulfonamides is 1. The fourth-order valence-electron chi connectivity index (χ4n) is 2.27. The average molecular weight is 272 g/mol. The van der Waals surface area contributed by atoms with Gasteiger partial charge in [-0.05, 0) is 26.0 Å². The molecule has 0 saturated carbocycles. The molecule has 1 N–H and O–H groups in total. The quantitative estimate of drug-likeness (QED) is 0.880. The van der Waals surface area contributed by atoms with Crippen molar-refractivity contribution in [2.45, 2.75) is 30.8 Å². The van der Waals surface area contributed by atoms with E-state index in [-0.39, 0.29) is 17.0 Å². The number of piperazine rings is 1. The number of rotatable bonds is 2. The number of halogens is 1. The molecule has 1 aliphatic rings. The summed E-state index contributed by atoms with van der Waals surface area (Å²) in [5.41, 5.74) is 0. The molecule has 0 radical (unpaired) electrons. The molecule has 0 aliphatic carbocycles. The number of hydrogen-bond donors (Lipinski definition) is 1. The van der Waals surface area contributed by atoms with Crippen molar-refractivity contribution in [2.75, 3.05) is 13.1 Å². The topological polar surface area (TPSA) is 49.4 Å². The molecular weight excluding hydrogens is 255 g/mol. The second kappa shape index (κ2) is 4.95. The van der Waals surface area contributed by atoms with E-state index in [0.717, 1.165) is 0 Å². The minimum absolute atomic E-state index is 0.0651. The van der Waals surface area contributed by atoms with E-state index in [1.165, 1.54) is 28.6 Å². The molecule has 0 bridgehead atoms. The molecule has 1 heterocycles. The SMILES string of the molecule is C[C@@H]1CN(S(=O)(=O)c2ccccc2F)C[C@H](C)N1. The molecule has 1 aromatic carbocycles. The fourth-order valence-corrected chi connectivity index (χ4v) is 3.95. The number of benzene rings is 1. The Hall–Kier alpha value is -0.980. The Kier molecular flexibility index (Phi) is 3.70. The Bertz CT molecular complexity index is 523. The first-order valence-electron chi connectivity index (χ1n) is 5.92. The van der Waals surface area contributed by atoms with E-state index in [4.69, 9.17) is 0 Å². The van der Waals surface area contributed by atoms with Gasteiger partial charge in [-0.15, -0.1) is 0 Å². The molecule has 2 atom stereocenters. The van der Waals surface area contributed by atoms with Crippen molar-refractivity contribution in [3.8, 4) is 0 Å². The van der Waals surface area contributed by atoms with Crippen LogP contribution in [0.25, 0.3) is 0 Å². The lowest BCUT2D eigenvalue weighted by molar-refractivity contribution is 0.262. The summed E-state index contributed by atoms with van der Waals surface area (Å²) in [5, 5.41) is 3.25. The van der Waals surface area contributed by atoms with Gasteiger partial charge in [0.25, 0.3) is 0 Å². The molecule has 0 aromatic heterocycles. The van der Waals surface area contributed by atoms with Gasteiger partial charge in [0.05, 0.1) is 0 Å². The maximum atomic E-state index is 13.6. The van der Waals surface area contributed by atoms with E-state index in [0.29, 0.717) is 13.1 Å². The number of nitrogens with one attached hydrogen (secondary N) is 1. The summed E-state index contributed by atoms with van der Waals surface area (Å²) < 4.78 is 39.7. The molecular formula is C12H17FN2O2S. The smallest absolute Gasteiger partial charge is 0.246 e. The van der Waals surface area contributed by atoms with Gasteiger partial charge in [0.2, 0.25) is 10.0 Å². The van der Waals surface area contributed by atoms with Crippen molar-refractivity contribution in [1.82, 2.24) is 9.62 Å². The predicted octanol–water partition coefficient (Wildman–Crippen LogP) is 1.20. The van der Waals surface area contributed by atoms with Crippen LogP contribution in [0.5, 0.6) is 0 Å². The minimum atomic E-state index is -3.74. The standard InChI is InChI=1S/C12H17FN2O2S/c1-9-7-15(8-10(2)14-9)18(16,17)12-6-4-3-5-11(12)13/h3-6,9-10,14H,7-8H2,1-2H3/t9-,10+. The Morgan fingerprint density at radius 2 is 1.78 bits per heavy atom. The van der Waals surface area contributed by atoms with Crippen LogP contribution in [0.15, 0.2) is 29.2 Å². The highest BCUT2D eigenvalue weighted by Crippen LogP contribution is 2.21. The van der Waals surface area contributed by atoms with Crippen LogP contribution in [0.1, 0.15) is 13.8 Å². The van der Waals surface area contributed by atoms with Crippen LogP contribution in [0.4, 0.5) is 4.39 Å². The average Bonchev–Trinajstić information content (AvgIpc) is 2.28. The van der Waals surface area contributed by atoms with E-state index in [9.17, 15) is 12.8 Å². The summed E-state index contributed by atoms with van der Waals surface area (Å²) in [4.78, 5) is -0.244. The summed E-state index contributed by atoms with van der Waals surface area (Å²) in [6, 6.07) is 5.62. The Labute approximate surface area is 107 Å². The molecule has 1 saturated heterocycles. The van der Waals surface area contributed by atoms with Gasteiger partial charge in [0, 0.05) is 25.2 Å². The highest BCUT2D eigenvalue weighted by atomic mass is 32.2. The fraction of sp³-hybridized carbons (Fsp3) is 0.500. The van der Waals surface area contributed by atoms with Gasteiger partial charge >= 0.3 is 0 Å². The zero-order valence-electron chi connectivity index (χ0n) is 10.4. The van der Waals surface area contributed by atoms with E-state index in [1.54, 1.807) is 0 Å². The van der Waals surface area contributed by atoms with Crippen molar-refractivity contribution in [3.05, 3.63) is 30.1 Å². The molecule has 0 amide bonds. The lowest BCUT2D eigenvalue weighted by atomic mass is 10.2. The normalized spacial score (nSPS) is 26.2.